The topological polar surface area (TPSA) is 41.0 Å². The van der Waals surface area contributed by atoms with Gasteiger partial charge in [-0.3, -0.25) is 4.90 Å². The molecule has 2 saturated carbocycles. The smallest absolute Gasteiger partial charge is 0.135 e. The maximum atomic E-state index is 4.67. The Kier molecular flexibility index (Phi) is 2.99. The van der Waals surface area contributed by atoms with E-state index in [4.69, 9.17) is 0 Å². The third-order valence-corrected chi connectivity index (χ3v) is 4.70. The number of hydrogen-bond acceptors (Lipinski definition) is 4. The molecule has 0 radical (unpaired) electrons. The summed E-state index contributed by atoms with van der Waals surface area (Å²) in [6.45, 7) is 2.41. The largest absolute Gasteiger partial charge is 0.366 e. The maximum Gasteiger partial charge on any atom is 0.135 e. The van der Waals surface area contributed by atoms with Gasteiger partial charge in [-0.25, -0.2) is 9.97 Å². The summed E-state index contributed by atoms with van der Waals surface area (Å²) in [7, 11) is 0. The average Bonchev–Trinajstić information content (AvgIpc) is 3.28. The molecule has 1 atom stereocenters. The van der Waals surface area contributed by atoms with Crippen molar-refractivity contribution in [2.75, 3.05) is 18.4 Å². The Labute approximate surface area is 122 Å². The van der Waals surface area contributed by atoms with Crippen LogP contribution in [-0.4, -0.2) is 40.0 Å². The van der Waals surface area contributed by atoms with Crippen LogP contribution in [0.3, 0.4) is 0 Å². The third-order valence-electron chi connectivity index (χ3n) is 4.29. The zero-order chi connectivity index (χ0) is 12.8. The summed E-state index contributed by atoms with van der Waals surface area (Å²) in [5.41, 5.74) is 0. The number of hydrogen-bond donors (Lipinski definition) is 1. The third kappa shape index (κ3) is 2.77. The molecule has 1 aromatic rings. The second-order valence-electron chi connectivity index (χ2n) is 6.06. The summed E-state index contributed by atoms with van der Waals surface area (Å²) in [5, 5.41) is 3.59. The Hall–Kier alpha value is -0.680. The van der Waals surface area contributed by atoms with Crippen molar-refractivity contribution in [3.63, 3.8) is 0 Å². The van der Waals surface area contributed by atoms with E-state index in [1.54, 1.807) is 0 Å². The Morgan fingerprint density at radius 3 is 2.74 bits per heavy atom. The van der Waals surface area contributed by atoms with Gasteiger partial charge >= 0.3 is 0 Å². The fraction of sp³-hybridized carbons (Fsp3) is 0.714. The molecule has 1 aromatic heterocycles. The van der Waals surface area contributed by atoms with Gasteiger partial charge in [0.25, 0.3) is 0 Å². The normalized spacial score (nSPS) is 27.7. The van der Waals surface area contributed by atoms with E-state index < -0.39 is 0 Å². The van der Waals surface area contributed by atoms with E-state index in [0.29, 0.717) is 12.0 Å². The number of rotatable bonds is 4. The van der Waals surface area contributed by atoms with Crippen molar-refractivity contribution in [2.45, 2.75) is 50.1 Å². The van der Waals surface area contributed by atoms with Crippen LogP contribution in [0.15, 0.2) is 10.7 Å². The van der Waals surface area contributed by atoms with Gasteiger partial charge < -0.3 is 5.32 Å². The zero-order valence-electron chi connectivity index (χ0n) is 11.0. The summed E-state index contributed by atoms with van der Waals surface area (Å²) in [6.07, 6.45) is 6.52. The number of likely N-dealkylation sites (tertiary alicyclic amines) is 1. The molecule has 4 nitrogen and oxygen atoms in total. The van der Waals surface area contributed by atoms with Gasteiger partial charge in [0.1, 0.15) is 16.2 Å². The SMILES string of the molecule is Brc1cc(NC2CCN(C3CC3)C2)nc(C2CC2)n1. The Morgan fingerprint density at radius 2 is 2.00 bits per heavy atom. The minimum absolute atomic E-state index is 0.550. The molecule has 102 valence electrons. The molecule has 1 saturated heterocycles. The molecule has 3 aliphatic rings. The lowest BCUT2D eigenvalue weighted by Gasteiger charge is -2.16. The summed E-state index contributed by atoms with van der Waals surface area (Å²) in [4.78, 5) is 11.8. The van der Waals surface area contributed by atoms with Crippen LogP contribution in [0.4, 0.5) is 5.82 Å². The van der Waals surface area contributed by atoms with E-state index in [1.165, 1.54) is 45.2 Å². The number of halogens is 1. The second kappa shape index (κ2) is 4.70. The van der Waals surface area contributed by atoms with Crippen LogP contribution >= 0.6 is 15.9 Å². The number of nitrogens with one attached hydrogen (secondary N) is 1. The van der Waals surface area contributed by atoms with Gasteiger partial charge in [-0.15, -0.1) is 0 Å². The second-order valence-corrected chi connectivity index (χ2v) is 6.88. The average molecular weight is 323 g/mol. The summed E-state index contributed by atoms with van der Waals surface area (Å²) in [5.74, 6) is 2.60. The van der Waals surface area contributed by atoms with Gasteiger partial charge in [0.15, 0.2) is 0 Å². The highest BCUT2D eigenvalue weighted by Crippen LogP contribution is 2.39. The molecule has 0 amide bonds. The molecule has 0 bridgehead atoms. The highest BCUT2D eigenvalue weighted by atomic mass is 79.9. The minimum Gasteiger partial charge on any atom is -0.366 e. The molecule has 0 spiro atoms. The first-order valence-electron chi connectivity index (χ1n) is 7.33. The first-order chi connectivity index (χ1) is 9.28. The summed E-state index contributed by atoms with van der Waals surface area (Å²) < 4.78 is 0.906. The van der Waals surface area contributed by atoms with E-state index in [1.807, 2.05) is 6.07 Å². The molecule has 19 heavy (non-hydrogen) atoms. The number of nitrogens with zero attached hydrogens (tertiary/aromatic N) is 3. The van der Waals surface area contributed by atoms with Crippen molar-refractivity contribution < 1.29 is 0 Å². The predicted octanol–water partition coefficient (Wildman–Crippen LogP) is 2.77. The van der Waals surface area contributed by atoms with Gasteiger partial charge in [-0.1, -0.05) is 0 Å². The molecule has 2 heterocycles. The monoisotopic (exact) mass is 322 g/mol. The predicted molar refractivity (Wildman–Crippen MR) is 78.3 cm³/mol. The van der Waals surface area contributed by atoms with Gasteiger partial charge in [0.05, 0.1) is 0 Å². The molecule has 2 aliphatic carbocycles. The van der Waals surface area contributed by atoms with Crippen molar-refractivity contribution >= 4 is 21.7 Å². The molecule has 1 N–H and O–H groups in total. The minimum atomic E-state index is 0.550. The summed E-state index contributed by atoms with van der Waals surface area (Å²) in [6, 6.07) is 3.44. The highest BCUT2D eigenvalue weighted by molar-refractivity contribution is 9.10. The fourth-order valence-electron chi connectivity index (χ4n) is 2.92. The molecule has 5 heteroatoms. The quantitative estimate of drug-likeness (QED) is 0.865. The van der Waals surface area contributed by atoms with Crippen molar-refractivity contribution in [3.05, 3.63) is 16.5 Å². The Balaban J connectivity index is 1.44. The van der Waals surface area contributed by atoms with Gasteiger partial charge in [0, 0.05) is 37.2 Å². The van der Waals surface area contributed by atoms with Crippen LogP contribution in [0.1, 0.15) is 43.8 Å². The van der Waals surface area contributed by atoms with Crippen LogP contribution in [0.5, 0.6) is 0 Å². The molecule has 1 aliphatic heterocycles. The lowest BCUT2D eigenvalue weighted by molar-refractivity contribution is 0.326. The lowest BCUT2D eigenvalue weighted by atomic mass is 10.2. The van der Waals surface area contributed by atoms with Crippen molar-refractivity contribution in [2.24, 2.45) is 0 Å². The van der Waals surface area contributed by atoms with Crippen LogP contribution in [0.25, 0.3) is 0 Å². The van der Waals surface area contributed by atoms with Crippen LogP contribution in [0.2, 0.25) is 0 Å². The van der Waals surface area contributed by atoms with Crippen molar-refractivity contribution in [3.8, 4) is 0 Å². The molecule has 0 aromatic carbocycles. The zero-order valence-corrected chi connectivity index (χ0v) is 12.6. The van der Waals surface area contributed by atoms with Crippen LogP contribution < -0.4 is 5.32 Å². The first-order valence-corrected chi connectivity index (χ1v) is 8.12. The van der Waals surface area contributed by atoms with Crippen molar-refractivity contribution in [1.29, 1.82) is 0 Å². The molecular formula is C14H19BrN4. The standard InChI is InChI=1S/C14H19BrN4/c15-12-7-13(18-14(17-12)9-1-2-9)16-10-5-6-19(8-10)11-3-4-11/h7,9-11H,1-6,8H2,(H,16,17,18). The van der Waals surface area contributed by atoms with Gasteiger partial charge in [-0.2, -0.15) is 0 Å². The van der Waals surface area contributed by atoms with Crippen LogP contribution in [0, 0.1) is 0 Å². The van der Waals surface area contributed by atoms with E-state index in [-0.39, 0.29) is 0 Å². The molecular weight excluding hydrogens is 304 g/mol. The molecule has 4 rings (SSSR count). The Bertz CT molecular complexity index is 484. The molecule has 3 fully saturated rings. The fourth-order valence-corrected chi connectivity index (χ4v) is 3.32. The number of anilines is 1. The molecule has 1 unspecified atom stereocenters. The van der Waals surface area contributed by atoms with Gasteiger partial charge in [0.2, 0.25) is 0 Å². The van der Waals surface area contributed by atoms with E-state index >= 15 is 0 Å². The Morgan fingerprint density at radius 1 is 1.16 bits per heavy atom. The first kappa shape index (κ1) is 12.1. The van der Waals surface area contributed by atoms with E-state index in [0.717, 1.165) is 22.3 Å². The highest BCUT2D eigenvalue weighted by Gasteiger charge is 2.34. The van der Waals surface area contributed by atoms with Crippen molar-refractivity contribution in [1.82, 2.24) is 14.9 Å². The van der Waals surface area contributed by atoms with E-state index in [2.05, 4.69) is 36.1 Å². The summed E-state index contributed by atoms with van der Waals surface area (Å²) >= 11 is 3.50. The van der Waals surface area contributed by atoms with E-state index in [9.17, 15) is 0 Å². The maximum absolute atomic E-state index is 4.67. The van der Waals surface area contributed by atoms with Gasteiger partial charge in [-0.05, 0) is 48.0 Å². The lowest BCUT2D eigenvalue weighted by Crippen LogP contribution is -2.28. The van der Waals surface area contributed by atoms with Crippen LogP contribution in [-0.2, 0) is 0 Å². The number of aromatic nitrogens is 2.